The highest BCUT2D eigenvalue weighted by Gasteiger charge is 2.33. The topological polar surface area (TPSA) is 87.0 Å². The molecule has 0 fully saturated rings. The number of nitriles is 1. The van der Waals surface area contributed by atoms with Gasteiger partial charge in [-0.3, -0.25) is 4.79 Å². The van der Waals surface area contributed by atoms with Gasteiger partial charge in [-0.1, -0.05) is 24.3 Å². The minimum atomic E-state index is -0.271. The van der Waals surface area contributed by atoms with Gasteiger partial charge in [0.2, 0.25) is 0 Å². The van der Waals surface area contributed by atoms with Crippen LogP contribution in [0.2, 0.25) is 0 Å². The standard InChI is InChI=1S/C24H22N4O3S/c1-30-21-10-9-16(12-22(21)31-2)20-13-19(23-8-5-11-32-23)27-28(20)24(29)15-26-18-7-4-3-6-17(18)14-25/h3-12,20,26H,13,15H2,1-2H3. The SMILES string of the molecule is COc1ccc(C2CC(c3cccs3)=NN2C(=O)CNc2ccccc2C#N)cc1OC. The summed E-state index contributed by atoms with van der Waals surface area (Å²) in [5, 5.41) is 20.6. The summed E-state index contributed by atoms with van der Waals surface area (Å²) in [6.45, 7) is 0.0176. The second kappa shape index (κ2) is 9.54. The van der Waals surface area contributed by atoms with Crippen molar-refractivity contribution in [2.24, 2.45) is 5.10 Å². The lowest BCUT2D eigenvalue weighted by molar-refractivity contribution is -0.131. The van der Waals surface area contributed by atoms with Gasteiger partial charge in [0.1, 0.15) is 6.07 Å². The Morgan fingerprint density at radius 2 is 2.00 bits per heavy atom. The second-order valence-electron chi connectivity index (χ2n) is 7.11. The summed E-state index contributed by atoms with van der Waals surface area (Å²) in [5.41, 5.74) is 2.88. The van der Waals surface area contributed by atoms with Crippen molar-refractivity contribution in [1.82, 2.24) is 5.01 Å². The van der Waals surface area contributed by atoms with Crippen molar-refractivity contribution in [2.45, 2.75) is 12.5 Å². The van der Waals surface area contributed by atoms with E-state index in [-0.39, 0.29) is 18.5 Å². The molecule has 0 saturated carbocycles. The fourth-order valence-electron chi connectivity index (χ4n) is 3.64. The first-order chi connectivity index (χ1) is 15.6. The fourth-order valence-corrected chi connectivity index (χ4v) is 4.36. The number of thiophene rings is 1. The number of nitrogens with one attached hydrogen (secondary N) is 1. The lowest BCUT2D eigenvalue weighted by Crippen LogP contribution is -2.32. The molecule has 1 aliphatic heterocycles. The number of nitrogens with zero attached hydrogens (tertiary/aromatic N) is 3. The Kier molecular flexibility index (Phi) is 6.38. The van der Waals surface area contributed by atoms with E-state index < -0.39 is 0 Å². The highest BCUT2D eigenvalue weighted by Crippen LogP contribution is 2.37. The highest BCUT2D eigenvalue weighted by molar-refractivity contribution is 7.12. The lowest BCUT2D eigenvalue weighted by Gasteiger charge is -2.23. The average molecular weight is 447 g/mol. The third-order valence-electron chi connectivity index (χ3n) is 5.24. The summed E-state index contributed by atoms with van der Waals surface area (Å²) >= 11 is 1.59. The van der Waals surface area contributed by atoms with E-state index in [2.05, 4.69) is 16.5 Å². The van der Waals surface area contributed by atoms with E-state index in [1.807, 2.05) is 41.8 Å². The minimum absolute atomic E-state index is 0.0176. The number of para-hydroxylation sites is 1. The van der Waals surface area contributed by atoms with Crippen molar-refractivity contribution in [3.05, 3.63) is 76.0 Å². The summed E-state index contributed by atoms with van der Waals surface area (Å²) in [5.74, 6) is 1.04. The van der Waals surface area contributed by atoms with Crippen LogP contribution >= 0.6 is 11.3 Å². The van der Waals surface area contributed by atoms with Crippen LogP contribution in [-0.2, 0) is 4.79 Å². The van der Waals surface area contributed by atoms with E-state index in [1.165, 1.54) is 5.01 Å². The number of hydrogen-bond donors (Lipinski definition) is 1. The molecule has 0 bridgehead atoms. The zero-order chi connectivity index (χ0) is 22.5. The minimum Gasteiger partial charge on any atom is -0.493 e. The largest absolute Gasteiger partial charge is 0.493 e. The molecule has 1 N–H and O–H groups in total. The van der Waals surface area contributed by atoms with Crippen LogP contribution < -0.4 is 14.8 Å². The molecule has 8 heteroatoms. The molecule has 3 aromatic rings. The molecule has 1 amide bonds. The number of benzene rings is 2. The zero-order valence-electron chi connectivity index (χ0n) is 17.7. The quantitative estimate of drug-likeness (QED) is 0.580. The number of amides is 1. The molecule has 1 aromatic heterocycles. The number of rotatable bonds is 7. The summed E-state index contributed by atoms with van der Waals surface area (Å²) < 4.78 is 10.8. The number of methoxy groups -OCH3 is 2. The molecule has 2 heterocycles. The maximum atomic E-state index is 13.2. The van der Waals surface area contributed by atoms with Gasteiger partial charge in [0.15, 0.2) is 11.5 Å². The molecule has 1 unspecified atom stereocenters. The number of carbonyl (C=O) groups is 1. The first-order valence-electron chi connectivity index (χ1n) is 10.0. The third kappa shape index (κ3) is 4.29. The van der Waals surface area contributed by atoms with Crippen LogP contribution in [0.25, 0.3) is 0 Å². The Labute approximate surface area is 190 Å². The van der Waals surface area contributed by atoms with Crippen molar-refractivity contribution >= 4 is 28.6 Å². The van der Waals surface area contributed by atoms with Crippen LogP contribution in [-0.4, -0.2) is 37.4 Å². The van der Waals surface area contributed by atoms with Crippen LogP contribution in [0, 0.1) is 11.3 Å². The zero-order valence-corrected chi connectivity index (χ0v) is 18.6. The molecule has 0 spiro atoms. The van der Waals surface area contributed by atoms with E-state index in [9.17, 15) is 10.1 Å². The van der Waals surface area contributed by atoms with Crippen molar-refractivity contribution < 1.29 is 14.3 Å². The van der Waals surface area contributed by atoms with Gasteiger partial charge in [-0.05, 0) is 41.3 Å². The molecule has 0 aliphatic carbocycles. The van der Waals surface area contributed by atoms with Crippen molar-refractivity contribution in [3.63, 3.8) is 0 Å². The summed E-state index contributed by atoms with van der Waals surface area (Å²) in [6, 6.07) is 18.6. The molecule has 1 atom stereocenters. The second-order valence-corrected chi connectivity index (χ2v) is 8.06. The van der Waals surface area contributed by atoms with E-state index >= 15 is 0 Å². The third-order valence-corrected chi connectivity index (χ3v) is 6.16. The van der Waals surface area contributed by atoms with Crippen molar-refractivity contribution in [1.29, 1.82) is 5.26 Å². The Morgan fingerprint density at radius 3 is 2.72 bits per heavy atom. The number of hydrazone groups is 1. The maximum Gasteiger partial charge on any atom is 0.262 e. The Morgan fingerprint density at radius 1 is 1.19 bits per heavy atom. The molecule has 0 radical (unpaired) electrons. The highest BCUT2D eigenvalue weighted by atomic mass is 32.1. The molecule has 4 rings (SSSR count). The van der Waals surface area contributed by atoms with E-state index in [1.54, 1.807) is 43.8 Å². The Hall–Kier alpha value is -3.83. The molecular formula is C24H22N4O3S. The van der Waals surface area contributed by atoms with Crippen LogP contribution in [0.1, 0.15) is 28.5 Å². The van der Waals surface area contributed by atoms with Crippen LogP contribution in [0.15, 0.2) is 65.1 Å². The van der Waals surface area contributed by atoms with Gasteiger partial charge in [0, 0.05) is 6.42 Å². The van der Waals surface area contributed by atoms with Gasteiger partial charge in [-0.15, -0.1) is 11.3 Å². The smallest absolute Gasteiger partial charge is 0.262 e. The predicted octanol–water partition coefficient (Wildman–Crippen LogP) is 4.43. The number of hydrogen-bond acceptors (Lipinski definition) is 7. The lowest BCUT2D eigenvalue weighted by atomic mass is 10.0. The molecule has 0 saturated heterocycles. The molecule has 162 valence electrons. The fraction of sp³-hybridized carbons (Fsp3) is 0.208. The van der Waals surface area contributed by atoms with Gasteiger partial charge >= 0.3 is 0 Å². The summed E-state index contributed by atoms with van der Waals surface area (Å²) in [6.07, 6.45) is 0.594. The monoisotopic (exact) mass is 446 g/mol. The number of carbonyl (C=O) groups excluding carboxylic acids is 1. The number of anilines is 1. The van der Waals surface area contributed by atoms with E-state index in [0.29, 0.717) is 29.2 Å². The van der Waals surface area contributed by atoms with Crippen LogP contribution in [0.4, 0.5) is 5.69 Å². The summed E-state index contributed by atoms with van der Waals surface area (Å²) in [4.78, 5) is 14.3. The van der Waals surface area contributed by atoms with Crippen LogP contribution in [0.5, 0.6) is 11.5 Å². The number of ether oxygens (including phenoxy) is 2. The Bertz CT molecular complexity index is 1180. The summed E-state index contributed by atoms with van der Waals surface area (Å²) in [7, 11) is 3.18. The van der Waals surface area contributed by atoms with Crippen molar-refractivity contribution in [3.8, 4) is 17.6 Å². The molecular weight excluding hydrogens is 424 g/mol. The molecule has 2 aromatic carbocycles. The Balaban J connectivity index is 1.61. The first-order valence-corrected chi connectivity index (χ1v) is 10.9. The van der Waals surface area contributed by atoms with Crippen molar-refractivity contribution in [2.75, 3.05) is 26.1 Å². The molecule has 32 heavy (non-hydrogen) atoms. The normalized spacial score (nSPS) is 15.1. The van der Waals surface area contributed by atoms with Crippen LogP contribution in [0.3, 0.4) is 0 Å². The first kappa shape index (κ1) is 21.4. The maximum absolute atomic E-state index is 13.2. The predicted molar refractivity (Wildman–Crippen MR) is 124 cm³/mol. The van der Waals surface area contributed by atoms with Gasteiger partial charge in [-0.25, -0.2) is 5.01 Å². The van der Waals surface area contributed by atoms with Gasteiger partial charge in [-0.2, -0.15) is 10.4 Å². The van der Waals surface area contributed by atoms with E-state index in [4.69, 9.17) is 9.47 Å². The molecule has 1 aliphatic rings. The average Bonchev–Trinajstić information content (AvgIpc) is 3.52. The van der Waals surface area contributed by atoms with Gasteiger partial charge in [0.05, 0.1) is 48.6 Å². The van der Waals surface area contributed by atoms with E-state index in [0.717, 1.165) is 16.2 Å². The van der Waals surface area contributed by atoms with Gasteiger partial charge in [0.25, 0.3) is 5.91 Å². The van der Waals surface area contributed by atoms with Gasteiger partial charge < -0.3 is 14.8 Å². The molecule has 7 nitrogen and oxygen atoms in total.